The maximum Gasteiger partial charge on any atom is 0.180 e. The van der Waals surface area contributed by atoms with Crippen LogP contribution in [0, 0.1) is 0 Å². The number of methoxy groups -OCH3 is 1. The van der Waals surface area contributed by atoms with Gasteiger partial charge in [-0.25, -0.2) is 4.98 Å². The average molecular weight is 483 g/mol. The molecule has 5 rings (SSSR count). The van der Waals surface area contributed by atoms with Crippen LogP contribution in [0.1, 0.15) is 35.9 Å². The normalized spacial score (nSPS) is 19.7. The standard InChI is InChI=1S/C26H38N6OS/c1-3-9-32(20-7-8-21-24(16-20)34-26(27)29-21)15-14-30-10-12-31(13-11-30)18-19-17-28-22-5-4-6-23(33-2)25(19)22/h4-6,17,20,28H,3,7-16,18H2,1-2H3,(H2,27,29). The van der Waals surface area contributed by atoms with Gasteiger partial charge in [-0.1, -0.05) is 13.0 Å². The van der Waals surface area contributed by atoms with E-state index in [1.165, 1.54) is 40.9 Å². The number of hydrogen-bond donors (Lipinski definition) is 2. The van der Waals surface area contributed by atoms with Gasteiger partial charge in [-0.2, -0.15) is 0 Å². The molecule has 0 radical (unpaired) electrons. The lowest BCUT2D eigenvalue weighted by Gasteiger charge is -2.38. The zero-order chi connectivity index (χ0) is 23.5. The summed E-state index contributed by atoms with van der Waals surface area (Å²) in [6.45, 7) is 11.3. The molecule has 1 aliphatic heterocycles. The van der Waals surface area contributed by atoms with E-state index < -0.39 is 0 Å². The lowest BCUT2D eigenvalue weighted by atomic mass is 9.96. The van der Waals surface area contributed by atoms with Crippen molar-refractivity contribution >= 4 is 27.4 Å². The molecule has 3 aromatic rings. The second kappa shape index (κ2) is 10.6. The van der Waals surface area contributed by atoms with E-state index in [1.807, 2.05) is 6.07 Å². The molecule has 34 heavy (non-hydrogen) atoms. The highest BCUT2D eigenvalue weighted by atomic mass is 32.1. The predicted molar refractivity (Wildman–Crippen MR) is 141 cm³/mol. The molecule has 3 N–H and O–H groups in total. The van der Waals surface area contributed by atoms with Crippen molar-refractivity contribution in [2.75, 3.05) is 58.7 Å². The van der Waals surface area contributed by atoms with Crippen LogP contribution in [0.5, 0.6) is 5.75 Å². The number of piperazine rings is 1. The number of benzene rings is 1. The quantitative estimate of drug-likeness (QED) is 0.486. The molecule has 0 spiro atoms. The SMILES string of the molecule is CCCN(CCN1CCN(Cc2c[nH]c3cccc(OC)c23)CC1)C1CCc2nc(N)sc2C1. The molecule has 1 atom stereocenters. The van der Waals surface area contributed by atoms with Crippen LogP contribution in [0.15, 0.2) is 24.4 Å². The second-order valence-corrected chi connectivity index (χ2v) is 10.8. The van der Waals surface area contributed by atoms with Gasteiger partial charge in [0.15, 0.2) is 5.13 Å². The van der Waals surface area contributed by atoms with Crippen LogP contribution in [0.3, 0.4) is 0 Å². The van der Waals surface area contributed by atoms with E-state index in [0.29, 0.717) is 6.04 Å². The maximum absolute atomic E-state index is 5.97. The molecular formula is C26H38N6OS. The number of nitrogens with two attached hydrogens (primary N) is 1. The molecule has 1 unspecified atom stereocenters. The Labute approximate surface area is 206 Å². The predicted octanol–water partition coefficient (Wildman–Crippen LogP) is 3.60. The summed E-state index contributed by atoms with van der Waals surface area (Å²) in [7, 11) is 1.76. The lowest BCUT2D eigenvalue weighted by Crippen LogP contribution is -2.49. The van der Waals surface area contributed by atoms with Gasteiger partial charge < -0.3 is 15.5 Å². The van der Waals surface area contributed by atoms with Gasteiger partial charge >= 0.3 is 0 Å². The average Bonchev–Trinajstić information content (AvgIpc) is 3.44. The van der Waals surface area contributed by atoms with Gasteiger partial charge in [-0.05, 0) is 49.9 Å². The van der Waals surface area contributed by atoms with E-state index in [1.54, 1.807) is 18.4 Å². The molecule has 184 valence electrons. The Morgan fingerprint density at radius 2 is 2.03 bits per heavy atom. The molecular weight excluding hydrogens is 444 g/mol. The van der Waals surface area contributed by atoms with Crippen molar-refractivity contribution in [3.05, 3.63) is 40.5 Å². The van der Waals surface area contributed by atoms with E-state index in [-0.39, 0.29) is 0 Å². The summed E-state index contributed by atoms with van der Waals surface area (Å²) in [4.78, 5) is 17.3. The number of aryl methyl sites for hydroxylation is 1. The van der Waals surface area contributed by atoms with Crippen molar-refractivity contribution in [2.24, 2.45) is 0 Å². The maximum atomic E-state index is 5.97. The minimum absolute atomic E-state index is 0.630. The van der Waals surface area contributed by atoms with Crippen molar-refractivity contribution in [3.8, 4) is 5.75 Å². The molecule has 1 aliphatic carbocycles. The fourth-order valence-corrected chi connectivity index (χ4v) is 6.60. The van der Waals surface area contributed by atoms with Crippen LogP contribution < -0.4 is 10.5 Å². The highest BCUT2D eigenvalue weighted by Crippen LogP contribution is 2.31. The molecule has 0 saturated carbocycles. The van der Waals surface area contributed by atoms with Gasteiger partial charge in [-0.3, -0.25) is 14.7 Å². The monoisotopic (exact) mass is 482 g/mol. The van der Waals surface area contributed by atoms with Crippen LogP contribution >= 0.6 is 11.3 Å². The van der Waals surface area contributed by atoms with Crippen LogP contribution in [-0.4, -0.2) is 83.6 Å². The number of nitrogens with one attached hydrogen (secondary N) is 1. The van der Waals surface area contributed by atoms with E-state index >= 15 is 0 Å². The summed E-state index contributed by atoms with van der Waals surface area (Å²) in [6, 6.07) is 6.85. The van der Waals surface area contributed by atoms with E-state index in [4.69, 9.17) is 10.5 Å². The smallest absolute Gasteiger partial charge is 0.180 e. The van der Waals surface area contributed by atoms with Crippen LogP contribution in [0.25, 0.3) is 10.9 Å². The molecule has 7 nitrogen and oxygen atoms in total. The molecule has 0 amide bonds. The van der Waals surface area contributed by atoms with Gasteiger partial charge in [0.1, 0.15) is 5.75 Å². The molecule has 8 heteroatoms. The third-order valence-corrected chi connectivity index (χ3v) is 8.44. The molecule has 1 saturated heterocycles. The number of aromatic nitrogens is 2. The first-order valence-corrected chi connectivity index (χ1v) is 13.5. The Balaban J connectivity index is 1.13. The lowest BCUT2D eigenvalue weighted by molar-refractivity contribution is 0.101. The number of anilines is 1. The molecule has 1 aromatic carbocycles. The summed E-state index contributed by atoms with van der Waals surface area (Å²) in [5.74, 6) is 0.958. The van der Waals surface area contributed by atoms with Crippen molar-refractivity contribution in [1.82, 2.24) is 24.7 Å². The van der Waals surface area contributed by atoms with E-state index in [2.05, 4.69) is 49.9 Å². The third kappa shape index (κ3) is 5.10. The summed E-state index contributed by atoms with van der Waals surface area (Å²) < 4.78 is 5.62. The number of thiazole rings is 1. The fraction of sp³-hybridized carbons (Fsp3) is 0.577. The van der Waals surface area contributed by atoms with Gasteiger partial charge in [0, 0.05) is 73.8 Å². The van der Waals surface area contributed by atoms with Crippen molar-refractivity contribution < 1.29 is 4.74 Å². The first-order valence-electron chi connectivity index (χ1n) is 12.7. The fourth-order valence-electron chi connectivity index (χ4n) is 5.65. The Morgan fingerprint density at radius 3 is 2.82 bits per heavy atom. The number of fused-ring (bicyclic) bond motifs is 2. The molecule has 2 aromatic heterocycles. The number of hydrogen-bond acceptors (Lipinski definition) is 7. The highest BCUT2D eigenvalue weighted by Gasteiger charge is 2.27. The van der Waals surface area contributed by atoms with Gasteiger partial charge in [0.05, 0.1) is 12.8 Å². The Morgan fingerprint density at radius 1 is 1.21 bits per heavy atom. The Hall–Kier alpha value is -2.13. The van der Waals surface area contributed by atoms with Gasteiger partial charge in [0.25, 0.3) is 0 Å². The van der Waals surface area contributed by atoms with E-state index in [0.717, 1.165) is 75.1 Å². The van der Waals surface area contributed by atoms with Gasteiger partial charge in [0.2, 0.25) is 0 Å². The first kappa shape index (κ1) is 23.6. The number of H-pyrrole nitrogens is 1. The molecule has 0 bridgehead atoms. The summed E-state index contributed by atoms with van der Waals surface area (Å²) >= 11 is 1.69. The Kier molecular flexibility index (Phi) is 7.39. The summed E-state index contributed by atoms with van der Waals surface area (Å²) in [5, 5.41) is 1.96. The van der Waals surface area contributed by atoms with Crippen molar-refractivity contribution in [1.29, 1.82) is 0 Å². The summed E-state index contributed by atoms with van der Waals surface area (Å²) in [6.07, 6.45) is 6.75. The van der Waals surface area contributed by atoms with E-state index in [9.17, 15) is 0 Å². The van der Waals surface area contributed by atoms with Crippen molar-refractivity contribution in [3.63, 3.8) is 0 Å². The van der Waals surface area contributed by atoms with Crippen molar-refractivity contribution in [2.45, 2.75) is 45.2 Å². The minimum Gasteiger partial charge on any atom is -0.496 e. The first-order chi connectivity index (χ1) is 16.6. The topological polar surface area (TPSA) is 73.6 Å². The number of ether oxygens (including phenoxy) is 1. The number of nitrogens with zero attached hydrogens (tertiary/aromatic N) is 4. The van der Waals surface area contributed by atoms with Crippen LogP contribution in [-0.2, 0) is 19.4 Å². The molecule has 3 heterocycles. The number of rotatable bonds is 9. The highest BCUT2D eigenvalue weighted by molar-refractivity contribution is 7.15. The zero-order valence-corrected chi connectivity index (χ0v) is 21.4. The molecule has 2 aliphatic rings. The third-order valence-electron chi connectivity index (χ3n) is 7.49. The number of nitrogen functional groups attached to an aromatic ring is 1. The zero-order valence-electron chi connectivity index (χ0n) is 20.6. The second-order valence-electron chi connectivity index (χ2n) is 9.67. The number of aromatic amines is 1. The molecule has 1 fully saturated rings. The largest absolute Gasteiger partial charge is 0.496 e. The summed E-state index contributed by atoms with van der Waals surface area (Å²) in [5.41, 5.74) is 9.70. The van der Waals surface area contributed by atoms with Crippen LogP contribution in [0.2, 0.25) is 0 Å². The Bertz CT molecular complexity index is 1090. The van der Waals surface area contributed by atoms with Crippen LogP contribution in [0.4, 0.5) is 5.13 Å². The minimum atomic E-state index is 0.630. The van der Waals surface area contributed by atoms with Gasteiger partial charge in [-0.15, -0.1) is 11.3 Å².